The molecule has 1 aromatic carbocycles. The number of hydrogen-bond donors (Lipinski definition) is 1. The summed E-state index contributed by atoms with van der Waals surface area (Å²) in [5, 5.41) is 9.24. The van der Waals surface area contributed by atoms with Crippen molar-refractivity contribution in [1.82, 2.24) is 4.90 Å². The highest BCUT2D eigenvalue weighted by atomic mass is 16.4. The van der Waals surface area contributed by atoms with E-state index in [2.05, 4.69) is 0 Å². The van der Waals surface area contributed by atoms with Gasteiger partial charge in [0.25, 0.3) is 0 Å². The first-order valence-electron chi connectivity index (χ1n) is 5.89. The number of rotatable bonds is 3. The lowest BCUT2D eigenvalue weighted by atomic mass is 10.1. The zero-order chi connectivity index (χ0) is 13.1. The van der Waals surface area contributed by atoms with Crippen LogP contribution in [0.15, 0.2) is 30.5 Å². The predicted molar refractivity (Wildman–Crippen MR) is 67.7 cm³/mol. The minimum atomic E-state index is -1.02. The maximum atomic E-state index is 11.5. The molecular weight excluding hydrogens is 230 g/mol. The Morgan fingerprint density at radius 2 is 2.00 bits per heavy atom. The molecule has 0 aliphatic carbocycles. The van der Waals surface area contributed by atoms with Gasteiger partial charge in [0, 0.05) is 19.2 Å². The molecule has 0 unspecified atom stereocenters. The molecule has 1 saturated heterocycles. The molecule has 1 N–H and O–H groups in total. The number of aliphatic carboxylic acids is 1. The molecule has 0 saturated carbocycles. The first-order chi connectivity index (χ1) is 8.58. The second kappa shape index (κ2) is 5.04. The third kappa shape index (κ3) is 2.59. The van der Waals surface area contributed by atoms with Gasteiger partial charge >= 0.3 is 5.97 Å². The fourth-order valence-corrected chi connectivity index (χ4v) is 1.95. The molecule has 4 nitrogen and oxygen atoms in total. The summed E-state index contributed by atoms with van der Waals surface area (Å²) in [7, 11) is 0. The molecule has 1 aliphatic heterocycles. The maximum Gasteiger partial charge on any atom is 0.337 e. The van der Waals surface area contributed by atoms with Crippen LogP contribution in [0, 0.1) is 6.92 Å². The monoisotopic (exact) mass is 245 g/mol. The molecule has 4 heteroatoms. The van der Waals surface area contributed by atoms with Gasteiger partial charge in [-0.15, -0.1) is 0 Å². The van der Waals surface area contributed by atoms with Crippen LogP contribution < -0.4 is 0 Å². The second-order valence-corrected chi connectivity index (χ2v) is 4.40. The van der Waals surface area contributed by atoms with Crippen LogP contribution in [0.4, 0.5) is 0 Å². The summed E-state index contributed by atoms with van der Waals surface area (Å²) in [5.41, 5.74) is 1.85. The minimum Gasteiger partial charge on any atom is -0.478 e. The average molecular weight is 245 g/mol. The van der Waals surface area contributed by atoms with Crippen LogP contribution in [0.5, 0.6) is 0 Å². The molecule has 0 aromatic heterocycles. The van der Waals surface area contributed by atoms with Crippen molar-refractivity contribution in [3.05, 3.63) is 41.6 Å². The van der Waals surface area contributed by atoms with Gasteiger partial charge in [0.05, 0.1) is 5.57 Å². The highest BCUT2D eigenvalue weighted by Gasteiger charge is 2.21. The number of amides is 1. The van der Waals surface area contributed by atoms with Crippen molar-refractivity contribution >= 4 is 17.4 Å². The summed E-state index contributed by atoms with van der Waals surface area (Å²) in [6.07, 6.45) is 2.73. The third-order valence-electron chi connectivity index (χ3n) is 2.99. The molecule has 1 amide bonds. The zero-order valence-electron chi connectivity index (χ0n) is 10.2. The van der Waals surface area contributed by atoms with Gasteiger partial charge in [-0.2, -0.15) is 0 Å². The molecule has 0 atom stereocenters. The van der Waals surface area contributed by atoms with Crippen LogP contribution in [-0.2, 0) is 9.59 Å². The Morgan fingerprint density at radius 3 is 2.50 bits per heavy atom. The van der Waals surface area contributed by atoms with Crippen LogP contribution in [0.3, 0.4) is 0 Å². The van der Waals surface area contributed by atoms with Gasteiger partial charge in [0.2, 0.25) is 5.91 Å². The Hall–Kier alpha value is -2.10. The highest BCUT2D eigenvalue weighted by molar-refractivity contribution is 6.15. The zero-order valence-corrected chi connectivity index (χ0v) is 10.2. The van der Waals surface area contributed by atoms with Crippen molar-refractivity contribution in [3.63, 3.8) is 0 Å². The van der Waals surface area contributed by atoms with Crippen molar-refractivity contribution in [1.29, 1.82) is 0 Å². The van der Waals surface area contributed by atoms with Crippen LogP contribution in [0.1, 0.15) is 24.0 Å². The smallest absolute Gasteiger partial charge is 0.337 e. The SMILES string of the molecule is Cc1ccc(C(=CN2CCCC2=O)C(=O)O)cc1. The quantitative estimate of drug-likeness (QED) is 0.829. The summed E-state index contributed by atoms with van der Waals surface area (Å²) in [5.74, 6) is -1.03. The lowest BCUT2D eigenvalue weighted by Gasteiger charge is -2.12. The highest BCUT2D eigenvalue weighted by Crippen LogP contribution is 2.19. The first-order valence-corrected chi connectivity index (χ1v) is 5.89. The Morgan fingerprint density at radius 1 is 1.33 bits per heavy atom. The topological polar surface area (TPSA) is 57.6 Å². The predicted octanol–water partition coefficient (Wildman–Crippen LogP) is 2.04. The lowest BCUT2D eigenvalue weighted by molar-refractivity contribution is -0.130. The number of nitrogens with zero attached hydrogens (tertiary/aromatic N) is 1. The van der Waals surface area contributed by atoms with Crippen molar-refractivity contribution < 1.29 is 14.7 Å². The maximum absolute atomic E-state index is 11.5. The molecule has 1 fully saturated rings. The van der Waals surface area contributed by atoms with E-state index < -0.39 is 5.97 Å². The molecule has 94 valence electrons. The Kier molecular flexibility index (Phi) is 3.46. The summed E-state index contributed by atoms with van der Waals surface area (Å²) in [6, 6.07) is 7.24. The van der Waals surface area contributed by atoms with E-state index in [1.54, 1.807) is 12.1 Å². The molecule has 0 spiro atoms. The first kappa shape index (κ1) is 12.4. The number of carboxylic acid groups (broad SMARTS) is 1. The lowest BCUT2D eigenvalue weighted by Crippen LogP contribution is -2.19. The van der Waals surface area contributed by atoms with Crippen LogP contribution in [0.2, 0.25) is 0 Å². The molecule has 0 bridgehead atoms. The number of aryl methyl sites for hydroxylation is 1. The molecule has 2 rings (SSSR count). The van der Waals surface area contributed by atoms with Gasteiger partial charge in [-0.25, -0.2) is 4.79 Å². The fourth-order valence-electron chi connectivity index (χ4n) is 1.95. The molecular formula is C14H15NO3. The molecule has 1 heterocycles. The summed E-state index contributed by atoms with van der Waals surface area (Å²) in [6.45, 7) is 2.54. The van der Waals surface area contributed by atoms with E-state index in [4.69, 9.17) is 0 Å². The van der Waals surface area contributed by atoms with E-state index in [1.165, 1.54) is 11.1 Å². The van der Waals surface area contributed by atoms with E-state index >= 15 is 0 Å². The average Bonchev–Trinajstić information content (AvgIpc) is 2.73. The van der Waals surface area contributed by atoms with Gasteiger partial charge in [-0.3, -0.25) is 4.79 Å². The number of carbonyl (C=O) groups is 2. The van der Waals surface area contributed by atoms with Crippen LogP contribution in [0.25, 0.3) is 5.57 Å². The molecule has 1 aliphatic rings. The Labute approximate surface area is 106 Å². The number of likely N-dealkylation sites (tertiary alicyclic amines) is 1. The van der Waals surface area contributed by atoms with E-state index in [0.29, 0.717) is 18.5 Å². The number of carbonyl (C=O) groups excluding carboxylic acids is 1. The van der Waals surface area contributed by atoms with E-state index in [1.807, 2.05) is 19.1 Å². The Balaban J connectivity index is 2.33. The van der Waals surface area contributed by atoms with Gasteiger partial charge in [0.1, 0.15) is 0 Å². The van der Waals surface area contributed by atoms with E-state index in [9.17, 15) is 14.7 Å². The largest absolute Gasteiger partial charge is 0.478 e. The molecule has 1 aromatic rings. The normalized spacial score (nSPS) is 16.2. The van der Waals surface area contributed by atoms with Crippen molar-refractivity contribution in [2.24, 2.45) is 0 Å². The van der Waals surface area contributed by atoms with E-state index in [0.717, 1.165) is 12.0 Å². The van der Waals surface area contributed by atoms with Crippen molar-refractivity contribution in [2.45, 2.75) is 19.8 Å². The van der Waals surface area contributed by atoms with Crippen molar-refractivity contribution in [3.8, 4) is 0 Å². The van der Waals surface area contributed by atoms with Crippen LogP contribution in [-0.4, -0.2) is 28.4 Å². The number of benzene rings is 1. The third-order valence-corrected chi connectivity index (χ3v) is 2.99. The minimum absolute atomic E-state index is 0.0131. The Bertz CT molecular complexity index is 502. The second-order valence-electron chi connectivity index (χ2n) is 4.40. The molecule has 0 radical (unpaired) electrons. The molecule has 18 heavy (non-hydrogen) atoms. The number of carboxylic acids is 1. The number of hydrogen-bond acceptors (Lipinski definition) is 2. The van der Waals surface area contributed by atoms with Crippen LogP contribution >= 0.6 is 0 Å². The van der Waals surface area contributed by atoms with E-state index in [-0.39, 0.29) is 11.5 Å². The standard InChI is InChI=1S/C14H15NO3/c1-10-4-6-11(7-5-10)12(14(17)18)9-15-8-2-3-13(15)16/h4-7,9H,2-3,8H2,1H3,(H,17,18). The van der Waals surface area contributed by atoms with Gasteiger partial charge < -0.3 is 10.0 Å². The summed E-state index contributed by atoms with van der Waals surface area (Å²) >= 11 is 0. The van der Waals surface area contributed by atoms with Gasteiger partial charge in [0.15, 0.2) is 0 Å². The summed E-state index contributed by atoms with van der Waals surface area (Å²) < 4.78 is 0. The van der Waals surface area contributed by atoms with Crippen molar-refractivity contribution in [2.75, 3.05) is 6.54 Å². The fraction of sp³-hybridized carbons (Fsp3) is 0.286. The van der Waals surface area contributed by atoms with Gasteiger partial charge in [-0.1, -0.05) is 29.8 Å². The van der Waals surface area contributed by atoms with Gasteiger partial charge in [-0.05, 0) is 18.9 Å². The summed E-state index contributed by atoms with van der Waals surface area (Å²) in [4.78, 5) is 24.3.